The van der Waals surface area contributed by atoms with Crippen molar-refractivity contribution in [1.29, 1.82) is 0 Å². The summed E-state index contributed by atoms with van der Waals surface area (Å²) >= 11 is 0. The van der Waals surface area contributed by atoms with Gasteiger partial charge in [0.25, 0.3) is 11.8 Å². The van der Waals surface area contributed by atoms with Crippen molar-refractivity contribution in [2.24, 2.45) is 5.73 Å². The molecule has 1 fully saturated rings. The maximum Gasteiger partial charge on any atom is 0.253 e. The van der Waals surface area contributed by atoms with Gasteiger partial charge in [0.15, 0.2) is 0 Å². The first-order chi connectivity index (χ1) is 12.9. The van der Waals surface area contributed by atoms with Gasteiger partial charge in [-0.1, -0.05) is 12.1 Å². The predicted octanol–water partition coefficient (Wildman–Crippen LogP) is 1.87. The molecule has 0 aliphatic heterocycles. The molecule has 0 aromatic heterocycles. The van der Waals surface area contributed by atoms with E-state index in [0.717, 1.165) is 18.9 Å². The highest BCUT2D eigenvalue weighted by atomic mass is 19.1. The lowest BCUT2D eigenvalue weighted by Gasteiger charge is -2.12. The Balaban J connectivity index is 1.62. The second-order valence-electron chi connectivity index (χ2n) is 6.25. The van der Waals surface area contributed by atoms with E-state index in [1.54, 1.807) is 24.3 Å². The molecule has 3 amide bonds. The summed E-state index contributed by atoms with van der Waals surface area (Å²) in [6.07, 6.45) is 1.93. The van der Waals surface area contributed by atoms with E-state index in [1.807, 2.05) is 0 Å². The zero-order valence-electron chi connectivity index (χ0n) is 14.4. The van der Waals surface area contributed by atoms with Crippen LogP contribution in [0.25, 0.3) is 0 Å². The monoisotopic (exact) mass is 370 g/mol. The Morgan fingerprint density at radius 1 is 1.07 bits per heavy atom. The molecule has 0 radical (unpaired) electrons. The lowest BCUT2D eigenvalue weighted by Crippen LogP contribution is -2.28. The molecule has 2 aromatic carbocycles. The van der Waals surface area contributed by atoms with Gasteiger partial charge in [-0.15, -0.1) is 0 Å². The van der Waals surface area contributed by atoms with Crippen molar-refractivity contribution in [3.63, 3.8) is 0 Å². The third-order valence-corrected chi connectivity index (χ3v) is 4.04. The fraction of sp³-hybridized carbons (Fsp3) is 0.211. The lowest BCUT2D eigenvalue weighted by atomic mass is 10.1. The summed E-state index contributed by atoms with van der Waals surface area (Å²) in [6, 6.07) is 10.7. The molecule has 140 valence electrons. The van der Waals surface area contributed by atoms with Gasteiger partial charge in [-0.2, -0.15) is 0 Å². The second kappa shape index (κ2) is 7.86. The zero-order valence-corrected chi connectivity index (χ0v) is 14.4. The van der Waals surface area contributed by atoms with Crippen molar-refractivity contribution in [3.05, 3.63) is 59.4 Å². The summed E-state index contributed by atoms with van der Waals surface area (Å²) < 4.78 is 13.5. The molecular formula is C19H19FN4O3. The Labute approximate surface area is 155 Å². The molecule has 2 aromatic rings. The molecule has 0 saturated heterocycles. The Morgan fingerprint density at radius 2 is 1.81 bits per heavy atom. The summed E-state index contributed by atoms with van der Waals surface area (Å²) in [7, 11) is 0. The highest BCUT2D eigenvalue weighted by molar-refractivity contribution is 6.04. The Hall–Kier alpha value is -3.42. The van der Waals surface area contributed by atoms with E-state index in [-0.39, 0.29) is 24.1 Å². The molecule has 7 nitrogen and oxygen atoms in total. The number of nitrogens with one attached hydrogen (secondary N) is 3. The molecule has 5 N–H and O–H groups in total. The van der Waals surface area contributed by atoms with Gasteiger partial charge >= 0.3 is 0 Å². The van der Waals surface area contributed by atoms with Crippen LogP contribution in [0.3, 0.4) is 0 Å². The van der Waals surface area contributed by atoms with Crippen LogP contribution < -0.4 is 21.7 Å². The molecule has 3 rings (SSSR count). The molecule has 8 heteroatoms. The fourth-order valence-corrected chi connectivity index (χ4v) is 2.48. The zero-order chi connectivity index (χ0) is 19.4. The molecule has 0 bridgehead atoms. The van der Waals surface area contributed by atoms with Crippen LogP contribution in [0.2, 0.25) is 0 Å². The number of para-hydroxylation sites is 1. The fourth-order valence-electron chi connectivity index (χ4n) is 2.48. The van der Waals surface area contributed by atoms with Gasteiger partial charge in [-0.3, -0.25) is 14.4 Å². The van der Waals surface area contributed by atoms with Crippen molar-refractivity contribution in [3.8, 4) is 0 Å². The van der Waals surface area contributed by atoms with E-state index in [0.29, 0.717) is 16.9 Å². The maximum atomic E-state index is 13.5. The molecule has 27 heavy (non-hydrogen) atoms. The average molecular weight is 370 g/mol. The number of benzene rings is 2. The number of amides is 3. The van der Waals surface area contributed by atoms with Crippen molar-refractivity contribution >= 4 is 29.1 Å². The molecule has 1 aliphatic carbocycles. The summed E-state index contributed by atoms with van der Waals surface area (Å²) in [5, 5.41) is 8.35. The van der Waals surface area contributed by atoms with E-state index in [2.05, 4.69) is 16.0 Å². The Bertz CT molecular complexity index is 896. The molecule has 0 heterocycles. The van der Waals surface area contributed by atoms with Crippen LogP contribution in [0.1, 0.15) is 33.6 Å². The van der Waals surface area contributed by atoms with Crippen LogP contribution in [0, 0.1) is 5.82 Å². The van der Waals surface area contributed by atoms with Gasteiger partial charge in [0.05, 0.1) is 23.4 Å². The number of carbonyl (C=O) groups excluding carboxylic acids is 3. The number of rotatable bonds is 7. The Morgan fingerprint density at radius 3 is 2.52 bits per heavy atom. The van der Waals surface area contributed by atoms with E-state index >= 15 is 0 Å². The van der Waals surface area contributed by atoms with E-state index < -0.39 is 17.6 Å². The smallest absolute Gasteiger partial charge is 0.253 e. The van der Waals surface area contributed by atoms with Crippen LogP contribution in [0.5, 0.6) is 0 Å². The third kappa shape index (κ3) is 4.81. The molecular weight excluding hydrogens is 351 g/mol. The SMILES string of the molecule is NC(=O)c1cc(NCC(=O)Nc2ccccc2C(=O)NC2CC2)ccc1F. The van der Waals surface area contributed by atoms with Gasteiger partial charge in [0.1, 0.15) is 5.82 Å². The third-order valence-electron chi connectivity index (χ3n) is 4.04. The number of hydrogen-bond donors (Lipinski definition) is 4. The number of anilines is 2. The highest BCUT2D eigenvalue weighted by Crippen LogP contribution is 2.21. The number of hydrogen-bond acceptors (Lipinski definition) is 4. The number of halogens is 1. The first kappa shape index (κ1) is 18.4. The van der Waals surface area contributed by atoms with E-state index in [9.17, 15) is 18.8 Å². The van der Waals surface area contributed by atoms with E-state index in [4.69, 9.17) is 5.73 Å². The molecule has 0 unspecified atom stereocenters. The van der Waals surface area contributed by atoms with Gasteiger partial charge < -0.3 is 21.7 Å². The van der Waals surface area contributed by atoms with Crippen LogP contribution >= 0.6 is 0 Å². The lowest BCUT2D eigenvalue weighted by molar-refractivity contribution is -0.114. The van der Waals surface area contributed by atoms with Crippen molar-refractivity contribution < 1.29 is 18.8 Å². The highest BCUT2D eigenvalue weighted by Gasteiger charge is 2.25. The summed E-state index contributed by atoms with van der Waals surface area (Å²) in [5.41, 5.74) is 6.00. The number of nitrogens with two attached hydrogens (primary N) is 1. The van der Waals surface area contributed by atoms with Gasteiger partial charge in [0.2, 0.25) is 5.91 Å². The number of primary amides is 1. The second-order valence-corrected chi connectivity index (χ2v) is 6.25. The van der Waals surface area contributed by atoms with Crippen molar-refractivity contribution in [2.45, 2.75) is 18.9 Å². The Kier molecular flexibility index (Phi) is 5.35. The normalized spacial score (nSPS) is 12.9. The molecule has 0 spiro atoms. The van der Waals surface area contributed by atoms with E-state index in [1.165, 1.54) is 12.1 Å². The quantitative estimate of drug-likeness (QED) is 0.596. The standard InChI is InChI=1S/C19H19FN4O3/c20-15-8-7-12(9-14(15)18(21)26)22-10-17(25)24-16-4-2-1-3-13(16)19(27)23-11-5-6-11/h1-4,7-9,11,22H,5-6,10H2,(H2,21,26)(H,23,27)(H,24,25). The largest absolute Gasteiger partial charge is 0.376 e. The van der Waals surface area contributed by atoms with Crippen LogP contribution in [0.15, 0.2) is 42.5 Å². The van der Waals surface area contributed by atoms with Crippen LogP contribution in [0.4, 0.5) is 15.8 Å². The summed E-state index contributed by atoms with van der Waals surface area (Å²) in [5.74, 6) is -2.25. The van der Waals surface area contributed by atoms with Crippen LogP contribution in [-0.4, -0.2) is 30.3 Å². The minimum atomic E-state index is -0.892. The first-order valence-electron chi connectivity index (χ1n) is 8.47. The summed E-state index contributed by atoms with van der Waals surface area (Å²) in [6.45, 7) is -0.136. The first-order valence-corrected chi connectivity index (χ1v) is 8.47. The predicted molar refractivity (Wildman–Crippen MR) is 99.0 cm³/mol. The van der Waals surface area contributed by atoms with Gasteiger partial charge in [0, 0.05) is 11.7 Å². The van der Waals surface area contributed by atoms with Gasteiger partial charge in [-0.05, 0) is 43.2 Å². The van der Waals surface area contributed by atoms with Gasteiger partial charge in [-0.25, -0.2) is 4.39 Å². The molecule has 0 atom stereocenters. The van der Waals surface area contributed by atoms with Crippen LogP contribution in [-0.2, 0) is 4.79 Å². The topological polar surface area (TPSA) is 113 Å². The van der Waals surface area contributed by atoms with Crippen molar-refractivity contribution in [2.75, 3.05) is 17.2 Å². The molecule has 1 aliphatic rings. The average Bonchev–Trinajstić information content (AvgIpc) is 3.45. The summed E-state index contributed by atoms with van der Waals surface area (Å²) in [4.78, 5) is 35.6. The van der Waals surface area contributed by atoms with Crippen molar-refractivity contribution in [1.82, 2.24) is 5.32 Å². The minimum Gasteiger partial charge on any atom is -0.376 e. The minimum absolute atomic E-state index is 0.136. The number of carbonyl (C=O) groups is 3. The maximum absolute atomic E-state index is 13.5. The molecule has 1 saturated carbocycles.